The first kappa shape index (κ1) is 14.0. The van der Waals surface area contributed by atoms with E-state index in [1.165, 1.54) is 0 Å². The molecule has 1 atom stereocenters. The molecule has 0 saturated heterocycles. The predicted molar refractivity (Wildman–Crippen MR) is 75.4 cm³/mol. The van der Waals surface area contributed by atoms with Gasteiger partial charge in [0.05, 0.1) is 11.5 Å². The van der Waals surface area contributed by atoms with Crippen LogP contribution in [-0.4, -0.2) is 26.2 Å². The van der Waals surface area contributed by atoms with Gasteiger partial charge in [-0.25, -0.2) is 13.1 Å². The van der Waals surface area contributed by atoms with Gasteiger partial charge in [0, 0.05) is 6.04 Å². The van der Waals surface area contributed by atoms with Crippen molar-refractivity contribution >= 4 is 20.8 Å². The third kappa shape index (κ3) is 3.12. The molecular weight excluding hydrogens is 262 g/mol. The minimum Gasteiger partial charge on any atom is -0.395 e. The van der Waals surface area contributed by atoms with Crippen LogP contribution < -0.4 is 4.72 Å². The van der Waals surface area contributed by atoms with Crippen LogP contribution in [0.15, 0.2) is 47.4 Å². The van der Waals surface area contributed by atoms with E-state index in [4.69, 9.17) is 5.11 Å². The van der Waals surface area contributed by atoms with E-state index < -0.39 is 16.1 Å². The molecule has 0 unspecified atom stereocenters. The van der Waals surface area contributed by atoms with Crippen molar-refractivity contribution in [1.29, 1.82) is 0 Å². The Labute approximate surface area is 113 Å². The maximum atomic E-state index is 12.2. The van der Waals surface area contributed by atoms with Crippen LogP contribution in [0.25, 0.3) is 10.8 Å². The quantitative estimate of drug-likeness (QED) is 0.878. The SMILES string of the molecule is CC[C@H](CO)NS(=O)(=O)c1ccc2ccccc2c1. The summed E-state index contributed by atoms with van der Waals surface area (Å²) >= 11 is 0. The number of fused-ring (bicyclic) bond motifs is 1. The van der Waals surface area contributed by atoms with Crippen LogP contribution in [0, 0.1) is 0 Å². The smallest absolute Gasteiger partial charge is 0.240 e. The fourth-order valence-electron chi connectivity index (χ4n) is 1.87. The molecule has 2 rings (SSSR count). The normalized spacial score (nSPS) is 13.6. The maximum Gasteiger partial charge on any atom is 0.240 e. The Hall–Kier alpha value is -1.43. The van der Waals surface area contributed by atoms with E-state index in [9.17, 15) is 8.42 Å². The molecule has 0 aliphatic heterocycles. The fraction of sp³-hybridized carbons (Fsp3) is 0.286. The highest BCUT2D eigenvalue weighted by molar-refractivity contribution is 7.89. The topological polar surface area (TPSA) is 66.4 Å². The number of hydrogen-bond donors (Lipinski definition) is 2. The van der Waals surface area contributed by atoms with Crippen LogP contribution in [0.3, 0.4) is 0 Å². The number of aliphatic hydroxyl groups excluding tert-OH is 1. The summed E-state index contributed by atoms with van der Waals surface area (Å²) in [6.45, 7) is 1.62. The summed E-state index contributed by atoms with van der Waals surface area (Å²) in [6.07, 6.45) is 0.545. The van der Waals surface area contributed by atoms with Gasteiger partial charge in [-0.3, -0.25) is 0 Å². The molecule has 0 heterocycles. The van der Waals surface area contributed by atoms with Gasteiger partial charge in [-0.05, 0) is 29.3 Å². The largest absolute Gasteiger partial charge is 0.395 e. The second-order valence-electron chi connectivity index (χ2n) is 4.42. The van der Waals surface area contributed by atoms with Crippen LogP contribution in [0.2, 0.25) is 0 Å². The van der Waals surface area contributed by atoms with Crippen molar-refractivity contribution < 1.29 is 13.5 Å². The molecule has 0 spiro atoms. The van der Waals surface area contributed by atoms with Gasteiger partial charge >= 0.3 is 0 Å². The van der Waals surface area contributed by atoms with Crippen LogP contribution in [-0.2, 0) is 10.0 Å². The van der Waals surface area contributed by atoms with Gasteiger partial charge in [-0.1, -0.05) is 37.3 Å². The van der Waals surface area contributed by atoms with Crippen molar-refractivity contribution in [2.45, 2.75) is 24.3 Å². The van der Waals surface area contributed by atoms with E-state index in [0.717, 1.165) is 10.8 Å². The van der Waals surface area contributed by atoms with Crippen molar-refractivity contribution in [1.82, 2.24) is 4.72 Å². The highest BCUT2D eigenvalue weighted by Crippen LogP contribution is 2.19. The van der Waals surface area contributed by atoms with Gasteiger partial charge in [-0.15, -0.1) is 0 Å². The van der Waals surface area contributed by atoms with E-state index in [0.29, 0.717) is 6.42 Å². The molecule has 0 fully saturated rings. The molecule has 4 nitrogen and oxygen atoms in total. The molecule has 0 aliphatic rings. The second kappa shape index (κ2) is 5.69. The van der Waals surface area contributed by atoms with Crippen LogP contribution in [0.5, 0.6) is 0 Å². The first-order chi connectivity index (χ1) is 9.06. The minimum absolute atomic E-state index is 0.205. The van der Waals surface area contributed by atoms with E-state index >= 15 is 0 Å². The molecule has 0 aliphatic carbocycles. The zero-order chi connectivity index (χ0) is 13.9. The van der Waals surface area contributed by atoms with Crippen molar-refractivity contribution in [2.75, 3.05) is 6.61 Å². The number of rotatable bonds is 5. The first-order valence-electron chi connectivity index (χ1n) is 6.19. The zero-order valence-corrected chi connectivity index (χ0v) is 11.5. The van der Waals surface area contributed by atoms with Crippen LogP contribution in [0.4, 0.5) is 0 Å². The Kier molecular flexibility index (Phi) is 4.19. The Balaban J connectivity index is 2.37. The summed E-state index contributed by atoms with van der Waals surface area (Å²) in [6, 6.07) is 12.1. The first-order valence-corrected chi connectivity index (χ1v) is 7.67. The Morgan fingerprint density at radius 3 is 2.47 bits per heavy atom. The lowest BCUT2D eigenvalue weighted by Crippen LogP contribution is -2.36. The summed E-state index contributed by atoms with van der Waals surface area (Å²) in [4.78, 5) is 0.220. The molecular formula is C14H17NO3S. The molecule has 19 heavy (non-hydrogen) atoms. The second-order valence-corrected chi connectivity index (χ2v) is 6.13. The standard InChI is InChI=1S/C14H17NO3S/c1-2-13(10-16)15-19(17,18)14-8-7-11-5-3-4-6-12(11)9-14/h3-9,13,15-16H,2,10H2,1H3/t13-/m1/s1. The Morgan fingerprint density at radius 1 is 1.16 bits per heavy atom. The zero-order valence-electron chi connectivity index (χ0n) is 10.7. The highest BCUT2D eigenvalue weighted by Gasteiger charge is 2.18. The molecule has 5 heteroatoms. The maximum absolute atomic E-state index is 12.2. The highest BCUT2D eigenvalue weighted by atomic mass is 32.2. The molecule has 2 aromatic rings. The van der Waals surface area contributed by atoms with E-state index in [-0.39, 0.29) is 11.5 Å². The number of nitrogens with one attached hydrogen (secondary N) is 1. The number of hydrogen-bond acceptors (Lipinski definition) is 3. The van der Waals surface area contributed by atoms with Crippen LogP contribution >= 0.6 is 0 Å². The monoisotopic (exact) mass is 279 g/mol. The van der Waals surface area contributed by atoms with Gasteiger partial charge < -0.3 is 5.11 Å². The van der Waals surface area contributed by atoms with E-state index in [1.54, 1.807) is 18.2 Å². The average Bonchev–Trinajstić information content (AvgIpc) is 2.44. The molecule has 0 saturated carbocycles. The Morgan fingerprint density at radius 2 is 1.84 bits per heavy atom. The van der Waals surface area contributed by atoms with Gasteiger partial charge in [0.1, 0.15) is 0 Å². The summed E-state index contributed by atoms with van der Waals surface area (Å²) in [7, 11) is -3.59. The average molecular weight is 279 g/mol. The third-order valence-electron chi connectivity index (χ3n) is 3.07. The van der Waals surface area contributed by atoms with Gasteiger partial charge in [0.2, 0.25) is 10.0 Å². The number of aliphatic hydroxyl groups is 1. The van der Waals surface area contributed by atoms with Crippen molar-refractivity contribution in [3.05, 3.63) is 42.5 Å². The van der Waals surface area contributed by atoms with Gasteiger partial charge in [0.25, 0.3) is 0 Å². The van der Waals surface area contributed by atoms with Crippen molar-refractivity contribution in [2.24, 2.45) is 0 Å². The summed E-state index contributed by atoms with van der Waals surface area (Å²) in [5.74, 6) is 0. The molecule has 0 radical (unpaired) electrons. The van der Waals surface area contributed by atoms with E-state index in [2.05, 4.69) is 4.72 Å². The minimum atomic E-state index is -3.59. The molecule has 2 aromatic carbocycles. The lowest BCUT2D eigenvalue weighted by atomic mass is 10.1. The third-order valence-corrected chi connectivity index (χ3v) is 4.58. The molecule has 0 bridgehead atoms. The van der Waals surface area contributed by atoms with Crippen molar-refractivity contribution in [3.8, 4) is 0 Å². The van der Waals surface area contributed by atoms with Crippen molar-refractivity contribution in [3.63, 3.8) is 0 Å². The molecule has 0 aromatic heterocycles. The lowest BCUT2D eigenvalue weighted by Gasteiger charge is -2.14. The molecule has 2 N–H and O–H groups in total. The predicted octanol–water partition coefficient (Wildman–Crippen LogP) is 1.89. The fourth-order valence-corrected chi connectivity index (χ4v) is 3.22. The molecule has 0 amide bonds. The molecule has 102 valence electrons. The summed E-state index contributed by atoms with van der Waals surface area (Å²) in [5.41, 5.74) is 0. The lowest BCUT2D eigenvalue weighted by molar-refractivity contribution is 0.254. The number of benzene rings is 2. The van der Waals surface area contributed by atoms with Gasteiger partial charge in [-0.2, -0.15) is 0 Å². The summed E-state index contributed by atoms with van der Waals surface area (Å²) < 4.78 is 26.9. The summed E-state index contributed by atoms with van der Waals surface area (Å²) in [5, 5.41) is 11.0. The van der Waals surface area contributed by atoms with Gasteiger partial charge in [0.15, 0.2) is 0 Å². The van der Waals surface area contributed by atoms with E-state index in [1.807, 2.05) is 31.2 Å². The Bertz CT molecular complexity index is 663. The van der Waals surface area contributed by atoms with Crippen LogP contribution in [0.1, 0.15) is 13.3 Å². The number of sulfonamides is 1.